The first-order valence-corrected chi connectivity index (χ1v) is 8.62. The normalized spacial score (nSPS) is 10.6. The van der Waals surface area contributed by atoms with Crippen LogP contribution in [0.5, 0.6) is 0 Å². The smallest absolute Gasteiger partial charge is 0.234 e. The minimum Gasteiger partial charge on any atom is -0.325 e. The molecule has 0 radical (unpaired) electrons. The highest BCUT2D eigenvalue weighted by Crippen LogP contribution is 2.20. The number of rotatable bonds is 5. The summed E-state index contributed by atoms with van der Waals surface area (Å²) in [6.07, 6.45) is 0. The number of tetrazole rings is 1. The molecule has 1 N–H and O–H groups in total. The van der Waals surface area contributed by atoms with Crippen molar-refractivity contribution in [2.45, 2.75) is 5.16 Å². The van der Waals surface area contributed by atoms with Gasteiger partial charge in [0, 0.05) is 10.2 Å². The summed E-state index contributed by atoms with van der Waals surface area (Å²) >= 11 is 4.51. The number of halogens is 2. The molecule has 0 aliphatic carbocycles. The number of carbonyl (C=O) groups excluding carboxylic acids is 1. The fraction of sp³-hybridized carbons (Fsp3) is 0.0667. The molecule has 3 rings (SSSR count). The maximum Gasteiger partial charge on any atom is 0.234 e. The van der Waals surface area contributed by atoms with E-state index in [2.05, 4.69) is 36.8 Å². The van der Waals surface area contributed by atoms with Gasteiger partial charge in [0.05, 0.1) is 11.4 Å². The molecule has 0 bridgehead atoms. The van der Waals surface area contributed by atoms with E-state index in [9.17, 15) is 9.18 Å². The Bertz CT molecular complexity index is 872. The minimum atomic E-state index is -0.383. The lowest BCUT2D eigenvalue weighted by molar-refractivity contribution is -0.113. The van der Waals surface area contributed by atoms with Crippen LogP contribution in [-0.4, -0.2) is 31.9 Å². The zero-order valence-electron chi connectivity index (χ0n) is 12.2. The molecule has 3 aromatic rings. The lowest BCUT2D eigenvalue weighted by Gasteiger charge is -2.06. The zero-order valence-corrected chi connectivity index (χ0v) is 14.6. The van der Waals surface area contributed by atoms with E-state index in [4.69, 9.17) is 0 Å². The Kier molecular flexibility index (Phi) is 5.21. The molecule has 0 spiro atoms. The van der Waals surface area contributed by atoms with E-state index in [1.165, 1.54) is 28.6 Å². The van der Waals surface area contributed by atoms with Crippen molar-refractivity contribution >= 4 is 39.3 Å². The van der Waals surface area contributed by atoms with Crippen LogP contribution in [0.2, 0.25) is 0 Å². The molecule has 0 unspecified atom stereocenters. The van der Waals surface area contributed by atoms with E-state index in [1.807, 2.05) is 12.1 Å². The van der Waals surface area contributed by atoms with Gasteiger partial charge in [0.25, 0.3) is 0 Å². The Morgan fingerprint density at radius 1 is 1.25 bits per heavy atom. The molecule has 122 valence electrons. The molecule has 0 atom stereocenters. The molecule has 1 amide bonds. The maximum atomic E-state index is 13.3. The van der Waals surface area contributed by atoms with Gasteiger partial charge >= 0.3 is 0 Å². The summed E-state index contributed by atoms with van der Waals surface area (Å²) < 4.78 is 15.6. The van der Waals surface area contributed by atoms with Crippen molar-refractivity contribution in [3.8, 4) is 5.69 Å². The Hall–Kier alpha value is -2.26. The van der Waals surface area contributed by atoms with Crippen molar-refractivity contribution in [1.29, 1.82) is 0 Å². The second kappa shape index (κ2) is 7.54. The number of nitrogens with zero attached hydrogens (tertiary/aromatic N) is 4. The Balaban J connectivity index is 1.65. The van der Waals surface area contributed by atoms with Gasteiger partial charge in [-0.2, -0.15) is 4.68 Å². The number of benzene rings is 2. The third kappa shape index (κ3) is 4.18. The zero-order chi connectivity index (χ0) is 16.9. The van der Waals surface area contributed by atoms with Gasteiger partial charge in [0.2, 0.25) is 11.1 Å². The Morgan fingerprint density at radius 3 is 2.88 bits per heavy atom. The monoisotopic (exact) mass is 407 g/mol. The summed E-state index contributed by atoms with van der Waals surface area (Å²) in [7, 11) is 0. The van der Waals surface area contributed by atoms with Gasteiger partial charge in [0.1, 0.15) is 5.82 Å². The van der Waals surface area contributed by atoms with E-state index in [-0.39, 0.29) is 17.5 Å². The first kappa shape index (κ1) is 16.6. The molecular weight excluding hydrogens is 397 g/mol. The number of amides is 1. The summed E-state index contributed by atoms with van der Waals surface area (Å²) in [5.41, 5.74) is 1.19. The van der Waals surface area contributed by atoms with Crippen LogP contribution in [0.4, 0.5) is 10.1 Å². The minimum absolute atomic E-state index is 0.127. The van der Waals surface area contributed by atoms with Crippen molar-refractivity contribution in [2.24, 2.45) is 0 Å². The molecule has 9 heteroatoms. The van der Waals surface area contributed by atoms with Crippen LogP contribution in [0.3, 0.4) is 0 Å². The highest BCUT2D eigenvalue weighted by atomic mass is 79.9. The van der Waals surface area contributed by atoms with E-state index in [0.29, 0.717) is 16.5 Å². The third-order valence-electron chi connectivity index (χ3n) is 2.93. The van der Waals surface area contributed by atoms with Crippen LogP contribution in [-0.2, 0) is 4.79 Å². The fourth-order valence-electron chi connectivity index (χ4n) is 1.93. The molecule has 2 aromatic carbocycles. The first-order valence-electron chi connectivity index (χ1n) is 6.84. The van der Waals surface area contributed by atoms with Crippen LogP contribution >= 0.6 is 27.7 Å². The van der Waals surface area contributed by atoms with Crippen LogP contribution < -0.4 is 5.32 Å². The summed E-state index contributed by atoms with van der Waals surface area (Å²) in [5, 5.41) is 14.5. The summed E-state index contributed by atoms with van der Waals surface area (Å²) in [6.45, 7) is 0. The molecule has 0 fully saturated rings. The predicted octanol–water partition coefficient (Wildman–Crippen LogP) is 3.29. The van der Waals surface area contributed by atoms with Gasteiger partial charge < -0.3 is 5.32 Å². The summed E-state index contributed by atoms with van der Waals surface area (Å²) in [5.74, 6) is -0.444. The number of hydrogen-bond acceptors (Lipinski definition) is 5. The number of nitrogens with one attached hydrogen (secondary N) is 1. The van der Waals surface area contributed by atoms with E-state index < -0.39 is 0 Å². The molecule has 0 saturated heterocycles. The van der Waals surface area contributed by atoms with Gasteiger partial charge in [0.15, 0.2) is 0 Å². The van der Waals surface area contributed by atoms with E-state index in [1.54, 1.807) is 24.3 Å². The summed E-state index contributed by atoms with van der Waals surface area (Å²) in [4.78, 5) is 12.0. The fourth-order valence-corrected chi connectivity index (χ4v) is 3.02. The molecule has 24 heavy (non-hydrogen) atoms. The molecular formula is C15H11BrFN5OS. The van der Waals surface area contributed by atoms with Gasteiger partial charge in [-0.25, -0.2) is 4.39 Å². The lowest BCUT2D eigenvalue weighted by Crippen LogP contribution is -2.14. The standard InChI is InChI=1S/C15H11BrFN5OS/c16-10-3-1-5-12(7-10)18-14(23)9-24-15-19-20-21-22(15)13-6-2-4-11(17)8-13/h1-8H,9H2,(H,18,23). The number of carbonyl (C=O) groups is 1. The quantitative estimate of drug-likeness (QED) is 0.656. The highest BCUT2D eigenvalue weighted by molar-refractivity contribution is 9.10. The first-order chi connectivity index (χ1) is 11.6. The Morgan fingerprint density at radius 2 is 2.08 bits per heavy atom. The van der Waals surface area contributed by atoms with Crippen molar-refractivity contribution < 1.29 is 9.18 Å². The van der Waals surface area contributed by atoms with Crippen LogP contribution in [0.1, 0.15) is 0 Å². The van der Waals surface area contributed by atoms with Gasteiger partial charge in [-0.15, -0.1) is 5.10 Å². The topological polar surface area (TPSA) is 72.7 Å². The maximum absolute atomic E-state index is 13.3. The summed E-state index contributed by atoms with van der Waals surface area (Å²) in [6, 6.07) is 13.2. The van der Waals surface area contributed by atoms with Crippen molar-refractivity contribution in [3.63, 3.8) is 0 Å². The van der Waals surface area contributed by atoms with Crippen LogP contribution in [0, 0.1) is 5.82 Å². The van der Waals surface area contributed by atoms with Crippen molar-refractivity contribution in [2.75, 3.05) is 11.1 Å². The SMILES string of the molecule is O=C(CSc1nnnn1-c1cccc(F)c1)Nc1cccc(Br)c1. The third-order valence-corrected chi connectivity index (χ3v) is 4.35. The van der Waals surface area contributed by atoms with Crippen molar-refractivity contribution in [3.05, 3.63) is 58.8 Å². The average Bonchev–Trinajstić information content (AvgIpc) is 3.01. The average molecular weight is 408 g/mol. The largest absolute Gasteiger partial charge is 0.325 e. The highest BCUT2D eigenvalue weighted by Gasteiger charge is 2.12. The van der Waals surface area contributed by atoms with E-state index in [0.717, 1.165) is 4.47 Å². The molecule has 1 heterocycles. The van der Waals surface area contributed by atoms with Gasteiger partial charge in [-0.3, -0.25) is 4.79 Å². The molecule has 0 saturated carbocycles. The number of aromatic nitrogens is 4. The Labute approximate surface area is 149 Å². The number of anilines is 1. The number of hydrogen-bond donors (Lipinski definition) is 1. The van der Waals surface area contributed by atoms with Crippen molar-refractivity contribution in [1.82, 2.24) is 20.2 Å². The van der Waals surface area contributed by atoms with Gasteiger partial charge in [-0.05, 0) is 46.8 Å². The van der Waals surface area contributed by atoms with Gasteiger partial charge in [-0.1, -0.05) is 39.8 Å². The van der Waals surface area contributed by atoms with Crippen LogP contribution in [0.15, 0.2) is 58.2 Å². The van der Waals surface area contributed by atoms with Crippen LogP contribution in [0.25, 0.3) is 5.69 Å². The van der Waals surface area contributed by atoms with E-state index >= 15 is 0 Å². The molecule has 0 aliphatic heterocycles. The lowest BCUT2D eigenvalue weighted by atomic mass is 10.3. The molecule has 0 aliphatic rings. The molecule has 6 nitrogen and oxygen atoms in total. The second-order valence-corrected chi connectivity index (χ2v) is 6.56. The predicted molar refractivity (Wildman–Crippen MR) is 92.6 cm³/mol. The second-order valence-electron chi connectivity index (χ2n) is 4.70. The number of thioether (sulfide) groups is 1. The molecule has 1 aromatic heterocycles.